The molecule has 0 aliphatic rings. The van der Waals surface area contributed by atoms with Gasteiger partial charge in [0.2, 0.25) is 0 Å². The Kier molecular flexibility index (Phi) is 6.23. The van der Waals surface area contributed by atoms with Gasteiger partial charge in [0.1, 0.15) is 16.7 Å². The smallest absolute Gasteiger partial charge is 0.434 e. The summed E-state index contributed by atoms with van der Waals surface area (Å²) in [4.78, 5) is 32.5. The molecule has 182 valence electrons. The van der Waals surface area contributed by atoms with Gasteiger partial charge in [-0.2, -0.15) is 33.7 Å². The first-order valence-electron chi connectivity index (χ1n) is 9.48. The maximum absolute atomic E-state index is 14.0. The van der Waals surface area contributed by atoms with E-state index in [2.05, 4.69) is 30.6 Å². The number of nitrogens with zero attached hydrogens (tertiary/aromatic N) is 8. The minimum absolute atomic E-state index is 0.0415. The van der Waals surface area contributed by atoms with E-state index in [0.717, 1.165) is 23.3 Å². The number of nitrogens with one attached hydrogen (secondary N) is 2. The summed E-state index contributed by atoms with van der Waals surface area (Å²) >= 11 is 6.05. The summed E-state index contributed by atoms with van der Waals surface area (Å²) in [7, 11) is 0. The largest absolute Gasteiger partial charge is 0.465 e. The summed E-state index contributed by atoms with van der Waals surface area (Å²) < 4.78 is 42.3. The monoisotopic (exact) mass is 518 g/mol. The molecule has 0 aromatic carbocycles. The second kappa shape index (κ2) is 9.31. The minimum atomic E-state index is -5.10. The first-order chi connectivity index (χ1) is 17.1. The fourth-order valence-electron chi connectivity index (χ4n) is 3.03. The van der Waals surface area contributed by atoms with Crippen molar-refractivity contribution in [2.75, 3.05) is 10.6 Å². The predicted octanol–water partition coefficient (Wildman–Crippen LogP) is 3.13. The van der Waals surface area contributed by atoms with E-state index in [1.165, 1.54) is 18.5 Å². The van der Waals surface area contributed by atoms with Crippen LogP contribution in [0.25, 0.3) is 11.6 Å². The van der Waals surface area contributed by atoms with Crippen LogP contribution in [0.4, 0.5) is 29.3 Å². The molecular formula is C19H10ClF3N10O3. The van der Waals surface area contributed by atoms with Crippen molar-refractivity contribution in [3.05, 3.63) is 65.0 Å². The van der Waals surface area contributed by atoms with E-state index in [4.69, 9.17) is 16.7 Å². The molecule has 0 unspecified atom stereocenters. The number of hydrogen-bond acceptors (Lipinski definition) is 8. The van der Waals surface area contributed by atoms with E-state index in [1.807, 2.05) is 11.4 Å². The normalized spacial score (nSPS) is 11.1. The summed E-state index contributed by atoms with van der Waals surface area (Å²) in [5.41, 5.74) is -2.81. The van der Waals surface area contributed by atoms with Crippen LogP contribution in [0.5, 0.6) is 0 Å². The second-order valence-electron chi connectivity index (χ2n) is 6.72. The summed E-state index contributed by atoms with van der Waals surface area (Å²) in [5.74, 6) is -1.75. The molecular weight excluding hydrogens is 509 g/mol. The van der Waals surface area contributed by atoms with Crippen LogP contribution in [-0.2, 0) is 6.18 Å². The van der Waals surface area contributed by atoms with E-state index in [0.29, 0.717) is 6.20 Å². The number of carboxylic acid groups (broad SMARTS) is 1. The van der Waals surface area contributed by atoms with Gasteiger partial charge in [0.25, 0.3) is 5.91 Å². The highest BCUT2D eigenvalue weighted by molar-refractivity contribution is 6.35. The molecule has 13 nitrogen and oxygen atoms in total. The number of anilines is 2. The Morgan fingerprint density at radius 1 is 1.06 bits per heavy atom. The lowest BCUT2D eigenvalue weighted by Crippen LogP contribution is -2.21. The molecule has 0 fully saturated rings. The third-order valence-corrected chi connectivity index (χ3v) is 4.82. The summed E-state index contributed by atoms with van der Waals surface area (Å²) in [6.45, 7) is 0. The number of carbonyl (C=O) groups excluding carboxylic acids is 1. The Bertz CT molecular complexity index is 1510. The van der Waals surface area contributed by atoms with E-state index >= 15 is 0 Å². The standard InChI is InChI=1S/C19H10ClF3N10O3/c20-13-12(31-18(35)36)1-2-25-16(13)32-14(19(21,22)23)11(8-29-32)17(34)30-10-5-9(6-24)15(26-7-10)33-27-3-4-28-33/h1-5,7-8H,(H,25,31)(H,30,34)(H,35,36). The molecule has 4 heterocycles. The average molecular weight is 519 g/mol. The van der Waals surface area contributed by atoms with Crippen molar-refractivity contribution >= 4 is 35.0 Å². The van der Waals surface area contributed by atoms with Crippen molar-refractivity contribution in [1.82, 2.24) is 34.7 Å². The van der Waals surface area contributed by atoms with Crippen LogP contribution >= 0.6 is 11.6 Å². The van der Waals surface area contributed by atoms with Crippen molar-refractivity contribution in [3.63, 3.8) is 0 Å². The molecule has 4 aromatic rings. The molecule has 4 aromatic heterocycles. The van der Waals surface area contributed by atoms with Gasteiger partial charge in [-0.1, -0.05) is 11.6 Å². The van der Waals surface area contributed by atoms with Gasteiger partial charge in [0.05, 0.1) is 41.7 Å². The molecule has 0 aliphatic carbocycles. The predicted molar refractivity (Wildman–Crippen MR) is 115 cm³/mol. The highest BCUT2D eigenvalue weighted by Crippen LogP contribution is 2.36. The number of pyridine rings is 2. The summed E-state index contributed by atoms with van der Waals surface area (Å²) in [5, 5.41) is 33.2. The lowest BCUT2D eigenvalue weighted by atomic mass is 10.2. The number of aromatic nitrogens is 7. The Hall–Kier alpha value is -5.04. The maximum Gasteiger partial charge on any atom is 0.434 e. The molecule has 4 rings (SSSR count). The lowest BCUT2D eigenvalue weighted by Gasteiger charge is -2.14. The van der Waals surface area contributed by atoms with Gasteiger partial charge in [-0.3, -0.25) is 10.1 Å². The SMILES string of the molecule is N#Cc1cc(NC(=O)c2cnn(-c3nccc(NC(=O)O)c3Cl)c2C(F)(F)F)cnc1-n1nccn1. The molecule has 0 saturated heterocycles. The molecule has 2 amide bonds. The van der Waals surface area contributed by atoms with Gasteiger partial charge >= 0.3 is 12.3 Å². The maximum atomic E-state index is 14.0. The summed E-state index contributed by atoms with van der Waals surface area (Å²) in [6.07, 6.45) is -1.14. The number of nitriles is 1. The van der Waals surface area contributed by atoms with Crippen molar-refractivity contribution in [1.29, 1.82) is 5.26 Å². The fraction of sp³-hybridized carbons (Fsp3) is 0.0526. The zero-order chi connectivity index (χ0) is 26.0. The lowest BCUT2D eigenvalue weighted by molar-refractivity contribution is -0.143. The molecule has 0 bridgehead atoms. The van der Waals surface area contributed by atoms with Gasteiger partial charge < -0.3 is 10.4 Å². The number of carbonyl (C=O) groups is 2. The van der Waals surface area contributed by atoms with Gasteiger partial charge in [0.15, 0.2) is 17.3 Å². The van der Waals surface area contributed by atoms with Gasteiger partial charge in [-0.25, -0.2) is 19.4 Å². The van der Waals surface area contributed by atoms with Crippen molar-refractivity contribution < 1.29 is 27.9 Å². The Labute approximate surface area is 202 Å². The number of hydrogen-bond donors (Lipinski definition) is 3. The molecule has 0 spiro atoms. The zero-order valence-electron chi connectivity index (χ0n) is 17.4. The van der Waals surface area contributed by atoms with Crippen molar-refractivity contribution in [2.45, 2.75) is 6.18 Å². The first kappa shape index (κ1) is 24.1. The van der Waals surface area contributed by atoms with Crippen LogP contribution < -0.4 is 10.6 Å². The van der Waals surface area contributed by atoms with Gasteiger partial charge in [-0.15, -0.1) is 4.80 Å². The van der Waals surface area contributed by atoms with Crippen LogP contribution in [0.2, 0.25) is 5.02 Å². The average Bonchev–Trinajstić information content (AvgIpc) is 3.50. The highest BCUT2D eigenvalue weighted by Gasteiger charge is 2.41. The first-order valence-corrected chi connectivity index (χ1v) is 9.86. The van der Waals surface area contributed by atoms with Crippen molar-refractivity contribution in [3.8, 4) is 17.7 Å². The molecule has 0 saturated carbocycles. The summed E-state index contributed by atoms with van der Waals surface area (Å²) in [6, 6.07) is 4.15. The van der Waals surface area contributed by atoms with Gasteiger partial charge in [0, 0.05) is 6.20 Å². The third kappa shape index (κ3) is 4.63. The Balaban J connectivity index is 1.72. The van der Waals surface area contributed by atoms with Crippen LogP contribution in [0.3, 0.4) is 0 Å². The number of alkyl halides is 3. The molecule has 17 heteroatoms. The number of halogens is 4. The van der Waals surface area contributed by atoms with E-state index in [9.17, 15) is 28.0 Å². The van der Waals surface area contributed by atoms with E-state index < -0.39 is 40.3 Å². The van der Waals surface area contributed by atoms with Crippen LogP contribution in [0.1, 0.15) is 21.6 Å². The molecule has 0 radical (unpaired) electrons. The fourth-order valence-corrected chi connectivity index (χ4v) is 3.27. The number of amides is 2. The van der Waals surface area contributed by atoms with Crippen LogP contribution in [0, 0.1) is 11.3 Å². The van der Waals surface area contributed by atoms with Crippen LogP contribution in [-0.4, -0.2) is 51.8 Å². The third-order valence-electron chi connectivity index (χ3n) is 4.45. The van der Waals surface area contributed by atoms with Gasteiger partial charge in [-0.05, 0) is 12.1 Å². The second-order valence-corrected chi connectivity index (χ2v) is 7.10. The molecule has 36 heavy (non-hydrogen) atoms. The minimum Gasteiger partial charge on any atom is -0.465 e. The topological polar surface area (TPSA) is 177 Å². The van der Waals surface area contributed by atoms with Crippen LogP contribution in [0.15, 0.2) is 43.1 Å². The molecule has 0 aliphatic heterocycles. The molecule has 0 atom stereocenters. The van der Waals surface area contributed by atoms with E-state index in [1.54, 1.807) is 0 Å². The highest BCUT2D eigenvalue weighted by atomic mass is 35.5. The number of rotatable bonds is 5. The van der Waals surface area contributed by atoms with Crippen molar-refractivity contribution in [2.24, 2.45) is 0 Å². The molecule has 3 N–H and O–H groups in total. The Morgan fingerprint density at radius 2 is 1.78 bits per heavy atom. The quantitative estimate of drug-likeness (QED) is 0.358. The zero-order valence-corrected chi connectivity index (χ0v) is 18.2. The Morgan fingerprint density at radius 3 is 2.42 bits per heavy atom. The van der Waals surface area contributed by atoms with E-state index in [-0.39, 0.29) is 27.4 Å².